The van der Waals surface area contributed by atoms with Crippen molar-refractivity contribution in [1.82, 2.24) is 14.9 Å². The van der Waals surface area contributed by atoms with E-state index in [-0.39, 0.29) is 18.1 Å². The molecule has 0 aliphatic heterocycles. The number of aryl methyl sites for hydroxylation is 2. The normalized spacial score (nSPS) is 11.7. The minimum Gasteiger partial charge on any atom is -0.497 e. The van der Waals surface area contributed by atoms with Crippen LogP contribution >= 0.6 is 0 Å². The molecule has 1 amide bonds. The predicted molar refractivity (Wildman–Crippen MR) is 107 cm³/mol. The number of nitrogens with one attached hydrogen (secondary N) is 1. The van der Waals surface area contributed by atoms with Crippen molar-refractivity contribution in [2.24, 2.45) is 7.05 Å². The van der Waals surface area contributed by atoms with Gasteiger partial charge in [-0.2, -0.15) is 0 Å². The van der Waals surface area contributed by atoms with Crippen LogP contribution in [0.4, 0.5) is 4.39 Å². The molecule has 2 aromatic carbocycles. The van der Waals surface area contributed by atoms with Gasteiger partial charge in [0, 0.05) is 31.9 Å². The number of imidazole rings is 1. The van der Waals surface area contributed by atoms with Gasteiger partial charge in [-0.1, -0.05) is 12.1 Å². The molecular weight excluding hydrogens is 373 g/mol. The number of nitrogens with zero attached hydrogens (tertiary/aromatic N) is 2. The number of ether oxygens (including phenoxy) is 2. The lowest BCUT2D eigenvalue weighted by Crippen LogP contribution is -2.31. The molecule has 6 nitrogen and oxygen atoms in total. The van der Waals surface area contributed by atoms with Gasteiger partial charge in [0.25, 0.3) is 0 Å². The van der Waals surface area contributed by atoms with E-state index in [1.54, 1.807) is 44.8 Å². The Balaban J connectivity index is 1.74. The van der Waals surface area contributed by atoms with Crippen LogP contribution in [0, 0.1) is 5.82 Å². The van der Waals surface area contributed by atoms with Crippen LogP contribution in [0.3, 0.4) is 0 Å². The van der Waals surface area contributed by atoms with E-state index >= 15 is 0 Å². The number of amides is 1. The summed E-state index contributed by atoms with van der Waals surface area (Å²) in [5.41, 5.74) is 1.70. The molecule has 0 aliphatic rings. The first-order valence-corrected chi connectivity index (χ1v) is 9.24. The fourth-order valence-corrected chi connectivity index (χ4v) is 3.11. The highest BCUT2D eigenvalue weighted by atomic mass is 19.1. The summed E-state index contributed by atoms with van der Waals surface area (Å²) in [5, 5.41) is 3.02. The Labute approximate surface area is 169 Å². The Hall–Kier alpha value is -3.35. The molecule has 1 aromatic heterocycles. The van der Waals surface area contributed by atoms with Crippen LogP contribution in [0.2, 0.25) is 0 Å². The van der Waals surface area contributed by atoms with E-state index in [1.165, 1.54) is 12.1 Å². The molecular formula is C22H24FN3O3. The number of methoxy groups -OCH3 is 2. The molecule has 0 radical (unpaired) electrons. The van der Waals surface area contributed by atoms with E-state index < -0.39 is 6.04 Å². The first-order valence-electron chi connectivity index (χ1n) is 9.24. The summed E-state index contributed by atoms with van der Waals surface area (Å²) in [6.45, 7) is 0. The Bertz CT molecular complexity index is 947. The van der Waals surface area contributed by atoms with Crippen molar-refractivity contribution in [2.75, 3.05) is 14.2 Å². The molecule has 29 heavy (non-hydrogen) atoms. The van der Waals surface area contributed by atoms with Gasteiger partial charge in [-0.05, 0) is 41.8 Å². The molecule has 1 unspecified atom stereocenters. The molecule has 3 rings (SSSR count). The summed E-state index contributed by atoms with van der Waals surface area (Å²) >= 11 is 0. The molecule has 0 saturated carbocycles. The van der Waals surface area contributed by atoms with Crippen LogP contribution in [0.5, 0.6) is 11.5 Å². The third-order valence-corrected chi connectivity index (χ3v) is 4.68. The van der Waals surface area contributed by atoms with Gasteiger partial charge in [-0.15, -0.1) is 0 Å². The van der Waals surface area contributed by atoms with E-state index in [2.05, 4.69) is 10.3 Å². The van der Waals surface area contributed by atoms with Crippen molar-refractivity contribution in [2.45, 2.75) is 18.9 Å². The maximum Gasteiger partial charge on any atom is 0.221 e. The number of rotatable bonds is 8. The quantitative estimate of drug-likeness (QED) is 0.633. The topological polar surface area (TPSA) is 65.4 Å². The lowest BCUT2D eigenvalue weighted by molar-refractivity contribution is -0.121. The van der Waals surface area contributed by atoms with Gasteiger partial charge in [0.1, 0.15) is 29.2 Å². The Morgan fingerprint density at radius 3 is 2.34 bits per heavy atom. The van der Waals surface area contributed by atoms with Gasteiger partial charge in [0.2, 0.25) is 5.91 Å². The number of carbonyl (C=O) groups is 1. The Morgan fingerprint density at radius 1 is 1.14 bits per heavy atom. The fraction of sp³-hybridized carbons (Fsp3) is 0.273. The zero-order valence-electron chi connectivity index (χ0n) is 16.7. The van der Waals surface area contributed by atoms with Crippen molar-refractivity contribution in [1.29, 1.82) is 0 Å². The average molecular weight is 397 g/mol. The summed E-state index contributed by atoms with van der Waals surface area (Å²) < 4.78 is 25.7. The van der Waals surface area contributed by atoms with Gasteiger partial charge in [-0.25, -0.2) is 9.37 Å². The second kappa shape index (κ2) is 9.23. The maximum atomic E-state index is 13.3. The van der Waals surface area contributed by atoms with Crippen molar-refractivity contribution in [3.8, 4) is 11.5 Å². The highest BCUT2D eigenvalue weighted by Gasteiger charge is 2.20. The number of benzene rings is 2. The fourth-order valence-electron chi connectivity index (χ4n) is 3.11. The first kappa shape index (κ1) is 20.4. The minimum absolute atomic E-state index is 0.135. The van der Waals surface area contributed by atoms with Crippen LogP contribution in [0.15, 0.2) is 54.9 Å². The zero-order chi connectivity index (χ0) is 20.8. The van der Waals surface area contributed by atoms with Crippen LogP contribution in [0.25, 0.3) is 0 Å². The number of aromatic nitrogens is 2. The highest BCUT2D eigenvalue weighted by Crippen LogP contribution is 2.24. The summed E-state index contributed by atoms with van der Waals surface area (Å²) in [5.74, 6) is 1.57. The summed E-state index contributed by atoms with van der Waals surface area (Å²) in [4.78, 5) is 17.1. The number of hydrogen-bond acceptors (Lipinski definition) is 4. The van der Waals surface area contributed by atoms with Crippen LogP contribution in [-0.4, -0.2) is 29.7 Å². The van der Waals surface area contributed by atoms with Gasteiger partial charge >= 0.3 is 0 Å². The molecule has 0 spiro atoms. The monoisotopic (exact) mass is 397 g/mol. The minimum atomic E-state index is -0.469. The van der Waals surface area contributed by atoms with Crippen molar-refractivity contribution >= 4 is 5.91 Å². The smallest absolute Gasteiger partial charge is 0.221 e. The number of carbonyl (C=O) groups excluding carboxylic acids is 1. The number of hydrogen-bond donors (Lipinski definition) is 1. The summed E-state index contributed by atoms with van der Waals surface area (Å²) in [6.07, 6.45) is 4.27. The first-order chi connectivity index (χ1) is 14.0. The molecule has 0 saturated heterocycles. The molecule has 1 atom stereocenters. The second-order valence-electron chi connectivity index (χ2n) is 6.67. The van der Waals surface area contributed by atoms with Gasteiger partial charge in [0.15, 0.2) is 0 Å². The van der Waals surface area contributed by atoms with Gasteiger partial charge in [0.05, 0.1) is 14.2 Å². The third-order valence-electron chi connectivity index (χ3n) is 4.68. The molecule has 0 fully saturated rings. The SMILES string of the molecule is COc1cc(CCC(=O)NC(c2ccc(F)cc2)c2nccn2C)cc(OC)c1. The van der Waals surface area contributed by atoms with E-state index in [0.29, 0.717) is 23.7 Å². The van der Waals surface area contributed by atoms with Crippen LogP contribution in [-0.2, 0) is 18.3 Å². The van der Waals surface area contributed by atoms with E-state index in [0.717, 1.165) is 11.1 Å². The Morgan fingerprint density at radius 2 is 1.79 bits per heavy atom. The second-order valence-corrected chi connectivity index (χ2v) is 6.67. The van der Waals surface area contributed by atoms with Crippen LogP contribution in [0.1, 0.15) is 29.4 Å². The predicted octanol–water partition coefficient (Wildman–Crippen LogP) is 3.41. The molecule has 1 heterocycles. The lowest BCUT2D eigenvalue weighted by Gasteiger charge is -2.19. The van der Waals surface area contributed by atoms with E-state index in [4.69, 9.17) is 9.47 Å². The summed E-state index contributed by atoms with van der Waals surface area (Å²) in [6, 6.07) is 11.1. The van der Waals surface area contributed by atoms with Crippen LogP contribution < -0.4 is 14.8 Å². The van der Waals surface area contributed by atoms with Crippen molar-refractivity contribution in [3.05, 3.63) is 77.6 Å². The lowest BCUT2D eigenvalue weighted by atomic mass is 10.0. The molecule has 0 bridgehead atoms. The third kappa shape index (κ3) is 5.13. The number of halogens is 1. The van der Waals surface area contributed by atoms with E-state index in [1.807, 2.05) is 23.7 Å². The summed E-state index contributed by atoms with van der Waals surface area (Å²) in [7, 11) is 5.03. The highest BCUT2D eigenvalue weighted by molar-refractivity contribution is 5.77. The standard InChI is InChI=1S/C22H24FN3O3/c1-26-11-10-24-22(26)21(16-5-7-17(23)8-6-16)25-20(27)9-4-15-12-18(28-2)14-19(13-15)29-3/h5-8,10-14,21H,4,9H2,1-3H3,(H,25,27). The molecule has 3 aromatic rings. The van der Waals surface area contributed by atoms with Crippen molar-refractivity contribution < 1.29 is 18.7 Å². The molecule has 0 aliphatic carbocycles. The van der Waals surface area contributed by atoms with Crippen molar-refractivity contribution in [3.63, 3.8) is 0 Å². The van der Waals surface area contributed by atoms with E-state index in [9.17, 15) is 9.18 Å². The molecule has 7 heteroatoms. The van der Waals surface area contributed by atoms with Gasteiger partial charge < -0.3 is 19.4 Å². The van der Waals surface area contributed by atoms with Gasteiger partial charge in [-0.3, -0.25) is 4.79 Å². The largest absolute Gasteiger partial charge is 0.497 e. The molecule has 1 N–H and O–H groups in total. The Kier molecular flexibility index (Phi) is 6.49. The molecule has 152 valence electrons. The average Bonchev–Trinajstić information content (AvgIpc) is 3.16. The maximum absolute atomic E-state index is 13.3. The zero-order valence-corrected chi connectivity index (χ0v) is 16.7.